The van der Waals surface area contributed by atoms with Gasteiger partial charge in [-0.25, -0.2) is 5.06 Å². The summed E-state index contributed by atoms with van der Waals surface area (Å²) in [6.45, 7) is 0.281. The molecule has 1 aliphatic rings. The maximum Gasteiger partial charge on any atom is 0.277 e. The third-order valence-electron chi connectivity index (χ3n) is 3.00. The van der Waals surface area contributed by atoms with E-state index in [0.717, 1.165) is 21.8 Å². The van der Waals surface area contributed by atoms with E-state index in [1.165, 1.54) is 0 Å². The van der Waals surface area contributed by atoms with Gasteiger partial charge >= 0.3 is 0 Å². The first kappa shape index (κ1) is 10.1. The third-order valence-corrected chi connectivity index (χ3v) is 3.00. The summed E-state index contributed by atoms with van der Waals surface area (Å²) in [5.74, 6) is -0.321. The monoisotopic (exact) mass is 225 g/mol. The number of nitrogens with zero attached hydrogens (tertiary/aromatic N) is 1. The van der Waals surface area contributed by atoms with Crippen LogP contribution in [0.1, 0.15) is 15.9 Å². The van der Waals surface area contributed by atoms with Gasteiger partial charge in [0.05, 0.1) is 6.54 Å². The van der Waals surface area contributed by atoms with Crippen LogP contribution in [0.15, 0.2) is 48.5 Å². The Morgan fingerprint density at radius 2 is 1.76 bits per heavy atom. The highest BCUT2D eigenvalue weighted by Gasteiger charge is 2.26. The van der Waals surface area contributed by atoms with Crippen molar-refractivity contribution in [2.75, 3.05) is 0 Å². The second-order valence-corrected chi connectivity index (χ2v) is 4.10. The smallest absolute Gasteiger partial charge is 0.277 e. The van der Waals surface area contributed by atoms with Crippen LogP contribution in [0.5, 0.6) is 0 Å². The van der Waals surface area contributed by atoms with E-state index in [1.807, 2.05) is 48.5 Å². The zero-order valence-corrected chi connectivity index (χ0v) is 9.13. The minimum atomic E-state index is -0.321. The Kier molecular flexibility index (Phi) is 2.20. The number of hydrogen-bond acceptors (Lipinski definition) is 2. The number of benzene rings is 2. The Morgan fingerprint density at radius 1 is 1.00 bits per heavy atom. The molecule has 84 valence electrons. The van der Waals surface area contributed by atoms with Crippen LogP contribution < -0.4 is 0 Å². The number of carbonyl (C=O) groups excluding carboxylic acids is 1. The lowest BCUT2D eigenvalue weighted by Gasteiger charge is -2.03. The van der Waals surface area contributed by atoms with Gasteiger partial charge in [-0.3, -0.25) is 10.0 Å². The molecule has 0 radical (unpaired) electrons. The average Bonchev–Trinajstić information content (AvgIpc) is 2.66. The van der Waals surface area contributed by atoms with Crippen LogP contribution in [0.3, 0.4) is 0 Å². The summed E-state index contributed by atoms with van der Waals surface area (Å²) in [5, 5.41) is 10.1. The van der Waals surface area contributed by atoms with E-state index in [-0.39, 0.29) is 12.5 Å². The second-order valence-electron chi connectivity index (χ2n) is 4.10. The molecule has 1 heterocycles. The molecular weight excluding hydrogens is 214 g/mol. The first-order chi connectivity index (χ1) is 8.25. The van der Waals surface area contributed by atoms with Crippen molar-refractivity contribution in [3.05, 3.63) is 59.7 Å². The molecule has 0 aromatic heterocycles. The summed E-state index contributed by atoms with van der Waals surface area (Å²) in [6.07, 6.45) is 0. The molecule has 3 rings (SSSR count). The summed E-state index contributed by atoms with van der Waals surface area (Å²) >= 11 is 0. The molecule has 0 spiro atoms. The molecule has 0 atom stereocenters. The highest BCUT2D eigenvalue weighted by molar-refractivity contribution is 5.98. The highest BCUT2D eigenvalue weighted by Crippen LogP contribution is 2.27. The van der Waals surface area contributed by atoms with Gasteiger partial charge in [0, 0.05) is 5.56 Å². The van der Waals surface area contributed by atoms with Crippen molar-refractivity contribution in [1.82, 2.24) is 5.06 Å². The van der Waals surface area contributed by atoms with Crippen molar-refractivity contribution >= 4 is 5.91 Å². The predicted molar refractivity (Wildman–Crippen MR) is 63.5 cm³/mol. The fraction of sp³-hybridized carbons (Fsp3) is 0.0714. The van der Waals surface area contributed by atoms with Crippen molar-refractivity contribution in [1.29, 1.82) is 0 Å². The van der Waals surface area contributed by atoms with Crippen LogP contribution in [0.2, 0.25) is 0 Å². The summed E-state index contributed by atoms with van der Waals surface area (Å²) in [5.41, 5.74) is 3.53. The van der Waals surface area contributed by atoms with E-state index >= 15 is 0 Å². The van der Waals surface area contributed by atoms with E-state index in [9.17, 15) is 10.0 Å². The molecule has 0 aliphatic carbocycles. The lowest BCUT2D eigenvalue weighted by atomic mass is 10.0. The van der Waals surface area contributed by atoms with Gasteiger partial charge in [-0.15, -0.1) is 0 Å². The maximum absolute atomic E-state index is 11.7. The van der Waals surface area contributed by atoms with E-state index in [2.05, 4.69) is 0 Å². The fourth-order valence-corrected chi connectivity index (χ4v) is 2.10. The topological polar surface area (TPSA) is 40.5 Å². The minimum absolute atomic E-state index is 0.281. The summed E-state index contributed by atoms with van der Waals surface area (Å²) < 4.78 is 0. The van der Waals surface area contributed by atoms with Gasteiger partial charge in [0.15, 0.2) is 0 Å². The average molecular weight is 225 g/mol. The minimum Gasteiger partial charge on any atom is -0.285 e. The third kappa shape index (κ3) is 1.61. The normalized spacial score (nSPS) is 13.9. The quantitative estimate of drug-likeness (QED) is 0.758. The van der Waals surface area contributed by atoms with Crippen LogP contribution >= 0.6 is 0 Å². The zero-order valence-electron chi connectivity index (χ0n) is 9.13. The molecule has 0 saturated heterocycles. The van der Waals surface area contributed by atoms with Crippen LogP contribution in [-0.2, 0) is 6.54 Å². The van der Waals surface area contributed by atoms with Gasteiger partial charge in [0.1, 0.15) is 0 Å². The van der Waals surface area contributed by atoms with Gasteiger partial charge < -0.3 is 0 Å². The van der Waals surface area contributed by atoms with Gasteiger partial charge in [-0.1, -0.05) is 42.5 Å². The van der Waals surface area contributed by atoms with E-state index in [0.29, 0.717) is 5.56 Å². The number of fused-ring (bicyclic) bond motifs is 1. The number of rotatable bonds is 1. The van der Waals surface area contributed by atoms with Crippen LogP contribution in [-0.4, -0.2) is 16.2 Å². The highest BCUT2D eigenvalue weighted by atomic mass is 16.5. The molecule has 1 N–H and O–H groups in total. The fourth-order valence-electron chi connectivity index (χ4n) is 2.10. The van der Waals surface area contributed by atoms with Gasteiger partial charge in [0.25, 0.3) is 5.91 Å². The largest absolute Gasteiger partial charge is 0.285 e. The van der Waals surface area contributed by atoms with Crippen LogP contribution in [0, 0.1) is 0 Å². The van der Waals surface area contributed by atoms with Crippen molar-refractivity contribution in [3.63, 3.8) is 0 Å². The van der Waals surface area contributed by atoms with Gasteiger partial charge in [0.2, 0.25) is 0 Å². The molecule has 3 nitrogen and oxygen atoms in total. The lowest BCUT2D eigenvalue weighted by molar-refractivity contribution is -0.0579. The zero-order chi connectivity index (χ0) is 11.8. The van der Waals surface area contributed by atoms with Crippen molar-refractivity contribution in [2.45, 2.75) is 6.54 Å². The molecule has 2 aromatic carbocycles. The van der Waals surface area contributed by atoms with E-state index in [4.69, 9.17) is 0 Å². The van der Waals surface area contributed by atoms with Crippen molar-refractivity contribution in [2.24, 2.45) is 0 Å². The second kappa shape index (κ2) is 3.71. The molecular formula is C14H11NO2. The first-order valence-corrected chi connectivity index (χ1v) is 5.45. The van der Waals surface area contributed by atoms with Crippen molar-refractivity contribution in [3.8, 4) is 11.1 Å². The van der Waals surface area contributed by atoms with E-state index in [1.54, 1.807) is 0 Å². The van der Waals surface area contributed by atoms with Gasteiger partial charge in [-0.2, -0.15) is 0 Å². The standard InChI is InChI=1S/C14H11NO2/c16-14-13-8-11(10-4-2-1-3-5-10)6-7-12(13)9-15(14)17/h1-8,17H,9H2. The SMILES string of the molecule is O=C1c2cc(-c3ccccc3)ccc2CN1O. The molecule has 1 amide bonds. The predicted octanol–water partition coefficient (Wildman–Crippen LogP) is 2.70. The Balaban J connectivity index is 2.09. The molecule has 0 unspecified atom stereocenters. The van der Waals surface area contributed by atoms with E-state index < -0.39 is 0 Å². The molecule has 0 saturated carbocycles. The molecule has 0 bridgehead atoms. The van der Waals surface area contributed by atoms with Gasteiger partial charge in [-0.05, 0) is 22.8 Å². The number of hydroxylamine groups is 2. The summed E-state index contributed by atoms with van der Waals surface area (Å²) in [6, 6.07) is 15.6. The Labute approximate surface area is 98.9 Å². The number of carbonyl (C=O) groups is 1. The molecule has 3 heteroatoms. The Morgan fingerprint density at radius 3 is 2.53 bits per heavy atom. The molecule has 0 fully saturated rings. The number of hydrogen-bond donors (Lipinski definition) is 1. The first-order valence-electron chi connectivity index (χ1n) is 5.45. The molecule has 17 heavy (non-hydrogen) atoms. The van der Waals surface area contributed by atoms with Crippen LogP contribution in [0.25, 0.3) is 11.1 Å². The Hall–Kier alpha value is -2.13. The maximum atomic E-state index is 11.7. The summed E-state index contributed by atoms with van der Waals surface area (Å²) in [4.78, 5) is 11.7. The Bertz CT molecular complexity index is 578. The van der Waals surface area contributed by atoms with Crippen LogP contribution in [0.4, 0.5) is 0 Å². The number of amides is 1. The van der Waals surface area contributed by atoms with Crippen molar-refractivity contribution < 1.29 is 10.0 Å². The summed E-state index contributed by atoms with van der Waals surface area (Å²) in [7, 11) is 0. The molecule has 1 aliphatic heterocycles. The lowest BCUT2D eigenvalue weighted by Crippen LogP contribution is -2.18. The molecule has 2 aromatic rings.